The van der Waals surface area contributed by atoms with E-state index in [2.05, 4.69) is 24.1 Å². The summed E-state index contributed by atoms with van der Waals surface area (Å²) in [7, 11) is 0. The number of aliphatic hydroxyl groups is 1. The number of nitrogens with zero attached hydrogens (tertiary/aromatic N) is 1. The molecule has 0 radical (unpaired) electrons. The smallest absolute Gasteiger partial charge is 0.146 e. The van der Waals surface area contributed by atoms with E-state index in [1.807, 2.05) is 6.07 Å². The summed E-state index contributed by atoms with van der Waals surface area (Å²) in [5, 5.41) is 12.7. The topological polar surface area (TPSA) is 35.5 Å². The zero-order chi connectivity index (χ0) is 14.5. The largest absolute Gasteiger partial charge is 0.396 e. The second kappa shape index (κ2) is 7.04. The molecule has 3 nitrogen and oxygen atoms in total. The molecule has 1 fully saturated rings. The van der Waals surface area contributed by atoms with Crippen molar-refractivity contribution < 1.29 is 9.50 Å². The molecule has 0 saturated carbocycles. The van der Waals surface area contributed by atoms with Crippen molar-refractivity contribution in [3.05, 3.63) is 29.6 Å². The highest BCUT2D eigenvalue weighted by Crippen LogP contribution is 2.32. The van der Waals surface area contributed by atoms with Crippen molar-refractivity contribution in [3.63, 3.8) is 0 Å². The first-order valence-corrected chi connectivity index (χ1v) is 7.55. The fraction of sp³-hybridized carbons (Fsp3) is 0.625. The van der Waals surface area contributed by atoms with E-state index in [9.17, 15) is 9.50 Å². The summed E-state index contributed by atoms with van der Waals surface area (Å²) >= 11 is 0. The lowest BCUT2D eigenvalue weighted by Crippen LogP contribution is -2.38. The van der Waals surface area contributed by atoms with Gasteiger partial charge in [-0.25, -0.2) is 4.39 Å². The maximum Gasteiger partial charge on any atom is 0.146 e. The molecule has 20 heavy (non-hydrogen) atoms. The van der Waals surface area contributed by atoms with Crippen LogP contribution in [0.2, 0.25) is 0 Å². The molecule has 0 aliphatic carbocycles. The summed E-state index contributed by atoms with van der Waals surface area (Å²) in [6.07, 6.45) is 2.04. The fourth-order valence-corrected chi connectivity index (χ4v) is 3.05. The van der Waals surface area contributed by atoms with Gasteiger partial charge < -0.3 is 15.3 Å². The fourth-order valence-electron chi connectivity index (χ4n) is 3.05. The Morgan fingerprint density at radius 3 is 3.00 bits per heavy atom. The highest BCUT2D eigenvalue weighted by Gasteiger charge is 2.24. The van der Waals surface area contributed by atoms with Gasteiger partial charge in [-0.15, -0.1) is 0 Å². The Hall–Kier alpha value is -1.13. The van der Waals surface area contributed by atoms with Crippen LogP contribution in [-0.2, 0) is 0 Å². The summed E-state index contributed by atoms with van der Waals surface area (Å²) in [6.45, 7) is 6.76. The number of anilines is 1. The van der Waals surface area contributed by atoms with Crippen molar-refractivity contribution in [1.82, 2.24) is 5.32 Å². The van der Waals surface area contributed by atoms with E-state index in [-0.39, 0.29) is 24.4 Å². The molecule has 0 spiro atoms. The highest BCUT2D eigenvalue weighted by atomic mass is 19.1. The van der Waals surface area contributed by atoms with Gasteiger partial charge in [0.1, 0.15) is 5.82 Å². The molecule has 1 saturated heterocycles. The molecule has 112 valence electrons. The first kappa shape index (κ1) is 15.3. The number of piperidine rings is 1. The normalized spacial score (nSPS) is 21.0. The predicted octanol–water partition coefficient (Wildman–Crippen LogP) is 2.70. The minimum atomic E-state index is -0.161. The van der Waals surface area contributed by atoms with Crippen LogP contribution in [0.4, 0.5) is 10.1 Å². The maximum atomic E-state index is 14.3. The molecule has 2 rings (SSSR count). The van der Waals surface area contributed by atoms with E-state index in [1.54, 1.807) is 6.07 Å². The molecular weight excluding hydrogens is 255 g/mol. The van der Waals surface area contributed by atoms with Crippen molar-refractivity contribution >= 4 is 5.69 Å². The summed E-state index contributed by atoms with van der Waals surface area (Å²) in [6, 6.07) is 5.42. The third-order valence-electron chi connectivity index (χ3n) is 4.09. The van der Waals surface area contributed by atoms with Crippen LogP contribution in [0, 0.1) is 11.7 Å². The van der Waals surface area contributed by atoms with Crippen LogP contribution in [-0.4, -0.2) is 31.3 Å². The van der Waals surface area contributed by atoms with E-state index in [0.717, 1.165) is 38.0 Å². The Morgan fingerprint density at radius 1 is 1.50 bits per heavy atom. The number of aliphatic hydroxyl groups excluding tert-OH is 1. The predicted molar refractivity (Wildman–Crippen MR) is 80.5 cm³/mol. The first-order chi connectivity index (χ1) is 9.67. The van der Waals surface area contributed by atoms with E-state index in [4.69, 9.17) is 0 Å². The van der Waals surface area contributed by atoms with Gasteiger partial charge in [0.05, 0.1) is 5.69 Å². The monoisotopic (exact) mass is 280 g/mol. The number of hydrogen-bond acceptors (Lipinski definition) is 3. The van der Waals surface area contributed by atoms with Crippen LogP contribution in [0.25, 0.3) is 0 Å². The van der Waals surface area contributed by atoms with Crippen molar-refractivity contribution in [2.24, 2.45) is 5.92 Å². The van der Waals surface area contributed by atoms with Crippen LogP contribution in [0.5, 0.6) is 0 Å². The number of halogens is 1. The number of benzene rings is 1. The van der Waals surface area contributed by atoms with Gasteiger partial charge in [0.2, 0.25) is 0 Å². The van der Waals surface area contributed by atoms with Crippen molar-refractivity contribution in [2.45, 2.75) is 32.7 Å². The number of hydrogen-bond donors (Lipinski definition) is 2. The summed E-state index contributed by atoms with van der Waals surface area (Å²) in [4.78, 5) is 2.10. The molecule has 4 heteroatoms. The molecule has 0 amide bonds. The Morgan fingerprint density at radius 2 is 2.30 bits per heavy atom. The average Bonchev–Trinajstić information content (AvgIpc) is 2.47. The zero-order valence-electron chi connectivity index (χ0n) is 12.4. The SMILES string of the molecule is CCNC(C)c1cccc(F)c1N1CCCC(CO)C1. The summed E-state index contributed by atoms with van der Waals surface area (Å²) in [5.41, 5.74) is 1.71. The van der Waals surface area contributed by atoms with Crippen LogP contribution in [0.1, 0.15) is 38.3 Å². The lowest BCUT2D eigenvalue weighted by molar-refractivity contribution is 0.208. The number of para-hydroxylation sites is 1. The number of rotatable bonds is 5. The molecule has 1 aromatic carbocycles. The second-order valence-electron chi connectivity index (χ2n) is 5.59. The van der Waals surface area contributed by atoms with Crippen LogP contribution in [0.15, 0.2) is 18.2 Å². The van der Waals surface area contributed by atoms with E-state index in [0.29, 0.717) is 5.69 Å². The van der Waals surface area contributed by atoms with Crippen LogP contribution >= 0.6 is 0 Å². The van der Waals surface area contributed by atoms with Gasteiger partial charge in [-0.1, -0.05) is 19.1 Å². The molecule has 0 aromatic heterocycles. The van der Waals surface area contributed by atoms with Gasteiger partial charge >= 0.3 is 0 Å². The van der Waals surface area contributed by atoms with Gasteiger partial charge in [-0.3, -0.25) is 0 Å². The van der Waals surface area contributed by atoms with E-state index < -0.39 is 0 Å². The van der Waals surface area contributed by atoms with E-state index in [1.165, 1.54) is 6.07 Å². The van der Waals surface area contributed by atoms with Gasteiger partial charge in [-0.2, -0.15) is 0 Å². The molecule has 1 aliphatic rings. The Balaban J connectivity index is 2.29. The Kier molecular flexibility index (Phi) is 5.38. The Bertz CT molecular complexity index is 438. The van der Waals surface area contributed by atoms with Crippen molar-refractivity contribution in [1.29, 1.82) is 0 Å². The van der Waals surface area contributed by atoms with Crippen LogP contribution in [0.3, 0.4) is 0 Å². The molecule has 2 N–H and O–H groups in total. The van der Waals surface area contributed by atoms with E-state index >= 15 is 0 Å². The standard InChI is InChI=1S/C16H25FN2O/c1-3-18-12(2)14-7-4-8-15(17)16(14)19-9-5-6-13(10-19)11-20/h4,7-8,12-13,18,20H,3,5-6,9-11H2,1-2H3. The molecule has 2 atom stereocenters. The molecule has 1 heterocycles. The first-order valence-electron chi connectivity index (χ1n) is 7.55. The van der Waals surface area contributed by atoms with Crippen molar-refractivity contribution in [3.8, 4) is 0 Å². The molecule has 0 bridgehead atoms. The minimum Gasteiger partial charge on any atom is -0.396 e. The zero-order valence-corrected chi connectivity index (χ0v) is 12.4. The third kappa shape index (κ3) is 3.30. The molecular formula is C16H25FN2O. The maximum absolute atomic E-state index is 14.3. The lowest BCUT2D eigenvalue weighted by Gasteiger charge is -2.36. The lowest BCUT2D eigenvalue weighted by atomic mass is 9.96. The average molecular weight is 280 g/mol. The number of nitrogens with one attached hydrogen (secondary N) is 1. The molecule has 1 aromatic rings. The molecule has 1 aliphatic heterocycles. The Labute approximate surface area is 120 Å². The summed E-state index contributed by atoms with van der Waals surface area (Å²) in [5.74, 6) is 0.0940. The van der Waals surface area contributed by atoms with Gasteiger partial charge in [0.25, 0.3) is 0 Å². The summed E-state index contributed by atoms with van der Waals surface area (Å²) < 4.78 is 14.3. The minimum absolute atomic E-state index is 0.125. The van der Waals surface area contributed by atoms with Gasteiger partial charge in [0.15, 0.2) is 0 Å². The quantitative estimate of drug-likeness (QED) is 0.870. The third-order valence-corrected chi connectivity index (χ3v) is 4.09. The molecule has 2 unspecified atom stereocenters. The highest BCUT2D eigenvalue weighted by molar-refractivity contribution is 5.56. The van der Waals surface area contributed by atoms with Crippen LogP contribution < -0.4 is 10.2 Å². The van der Waals surface area contributed by atoms with Crippen molar-refractivity contribution in [2.75, 3.05) is 31.1 Å². The van der Waals surface area contributed by atoms with Gasteiger partial charge in [0, 0.05) is 25.7 Å². The van der Waals surface area contributed by atoms with Gasteiger partial charge in [-0.05, 0) is 43.9 Å². The second-order valence-corrected chi connectivity index (χ2v) is 5.59.